The number of amides is 2. The van der Waals surface area contributed by atoms with Crippen LogP contribution in [0.3, 0.4) is 0 Å². The van der Waals surface area contributed by atoms with Crippen molar-refractivity contribution in [3.8, 4) is 9.88 Å². The number of para-hydroxylation sites is 1. The van der Waals surface area contributed by atoms with E-state index < -0.39 is 0 Å². The maximum absolute atomic E-state index is 13.1. The minimum atomic E-state index is -0.0175. The molecule has 162 valence electrons. The van der Waals surface area contributed by atoms with E-state index in [1.165, 1.54) is 11.3 Å². The number of thiophene rings is 1. The number of hydrogen-bond donors (Lipinski definition) is 1. The van der Waals surface area contributed by atoms with E-state index in [0.29, 0.717) is 37.6 Å². The molecule has 0 radical (unpaired) electrons. The number of aromatic nitrogens is 1. The largest absolute Gasteiger partial charge is 0.335 e. The van der Waals surface area contributed by atoms with Crippen LogP contribution in [0.2, 0.25) is 0 Å². The number of carbonyl (C=O) groups excluding carboxylic acids is 2. The number of aryl methyl sites for hydroxylation is 3. The fourth-order valence-corrected chi connectivity index (χ4v) is 5.58. The van der Waals surface area contributed by atoms with Gasteiger partial charge in [-0.15, -0.1) is 22.7 Å². The summed E-state index contributed by atoms with van der Waals surface area (Å²) >= 11 is 3.10. The average molecular weight is 455 g/mol. The summed E-state index contributed by atoms with van der Waals surface area (Å²) in [5.41, 5.74) is 3.80. The SMILES string of the molecule is Cc1cccc(C)c1NC(=O)CN1CCN(C(=O)c2sc(-c3cccs3)nc2C)CC1. The van der Waals surface area contributed by atoms with E-state index >= 15 is 0 Å². The van der Waals surface area contributed by atoms with Gasteiger partial charge >= 0.3 is 0 Å². The third-order valence-corrected chi connectivity index (χ3v) is 7.68. The molecule has 6 nitrogen and oxygen atoms in total. The third-order valence-electron chi connectivity index (χ3n) is 5.50. The number of nitrogens with zero attached hydrogens (tertiary/aromatic N) is 3. The van der Waals surface area contributed by atoms with Crippen LogP contribution in [-0.4, -0.2) is 59.3 Å². The van der Waals surface area contributed by atoms with Crippen molar-refractivity contribution in [3.63, 3.8) is 0 Å². The molecule has 1 fully saturated rings. The van der Waals surface area contributed by atoms with Crippen molar-refractivity contribution < 1.29 is 9.59 Å². The lowest BCUT2D eigenvalue weighted by Crippen LogP contribution is -2.50. The minimum Gasteiger partial charge on any atom is -0.335 e. The zero-order valence-corrected chi connectivity index (χ0v) is 19.6. The van der Waals surface area contributed by atoms with Crippen molar-refractivity contribution in [1.29, 1.82) is 0 Å². The van der Waals surface area contributed by atoms with E-state index in [-0.39, 0.29) is 11.8 Å². The van der Waals surface area contributed by atoms with Gasteiger partial charge in [0.15, 0.2) is 0 Å². The molecule has 0 unspecified atom stereocenters. The van der Waals surface area contributed by atoms with Crippen LogP contribution in [0, 0.1) is 20.8 Å². The first-order valence-electron chi connectivity index (χ1n) is 10.3. The Morgan fingerprint density at radius 3 is 2.39 bits per heavy atom. The molecule has 0 aliphatic carbocycles. The summed E-state index contributed by atoms with van der Waals surface area (Å²) in [6.07, 6.45) is 0. The van der Waals surface area contributed by atoms with Crippen molar-refractivity contribution in [2.45, 2.75) is 20.8 Å². The lowest BCUT2D eigenvalue weighted by atomic mass is 10.1. The Labute approximate surface area is 190 Å². The molecule has 8 heteroatoms. The molecular formula is C23H26N4O2S2. The standard InChI is InChI=1S/C23H26N4O2S2/c1-15-6-4-7-16(2)20(15)25-19(28)14-26-9-11-27(12-10-26)23(29)21-17(3)24-22(31-21)18-8-5-13-30-18/h4-8,13H,9-12,14H2,1-3H3,(H,25,28). The van der Waals surface area contributed by atoms with Crippen LogP contribution in [0.25, 0.3) is 9.88 Å². The third kappa shape index (κ3) is 4.87. The van der Waals surface area contributed by atoms with Crippen LogP contribution in [-0.2, 0) is 4.79 Å². The first-order valence-corrected chi connectivity index (χ1v) is 12.0. The van der Waals surface area contributed by atoms with Crippen molar-refractivity contribution in [3.05, 3.63) is 57.4 Å². The molecule has 3 aromatic rings. The summed E-state index contributed by atoms with van der Waals surface area (Å²) < 4.78 is 0. The number of carbonyl (C=O) groups is 2. The van der Waals surface area contributed by atoms with Crippen molar-refractivity contribution >= 4 is 40.2 Å². The van der Waals surface area contributed by atoms with Crippen molar-refractivity contribution in [2.75, 3.05) is 38.0 Å². The number of hydrogen-bond acceptors (Lipinski definition) is 6. The second kappa shape index (κ2) is 9.30. The van der Waals surface area contributed by atoms with Gasteiger partial charge < -0.3 is 10.2 Å². The molecule has 4 rings (SSSR count). The molecule has 2 amide bonds. The van der Waals surface area contributed by atoms with Gasteiger partial charge in [-0.1, -0.05) is 24.3 Å². The Morgan fingerprint density at radius 2 is 1.74 bits per heavy atom. The highest BCUT2D eigenvalue weighted by molar-refractivity contribution is 7.22. The second-order valence-corrected chi connectivity index (χ2v) is 9.74. The van der Waals surface area contributed by atoms with Gasteiger partial charge in [0.05, 0.1) is 17.1 Å². The van der Waals surface area contributed by atoms with Crippen LogP contribution in [0.15, 0.2) is 35.7 Å². The highest BCUT2D eigenvalue weighted by atomic mass is 32.1. The van der Waals surface area contributed by atoms with Gasteiger partial charge in [0.25, 0.3) is 5.91 Å². The van der Waals surface area contributed by atoms with E-state index in [0.717, 1.165) is 32.4 Å². The molecule has 1 saturated heterocycles. The summed E-state index contributed by atoms with van der Waals surface area (Å²) in [6.45, 7) is 8.81. The number of rotatable bonds is 5. The maximum atomic E-state index is 13.1. The van der Waals surface area contributed by atoms with Crippen LogP contribution >= 0.6 is 22.7 Å². The molecule has 31 heavy (non-hydrogen) atoms. The van der Waals surface area contributed by atoms with E-state index in [4.69, 9.17) is 0 Å². The van der Waals surface area contributed by atoms with Gasteiger partial charge in [0.1, 0.15) is 9.88 Å². The molecule has 1 aromatic carbocycles. The predicted octanol–water partition coefficient (Wildman–Crippen LogP) is 4.19. The Morgan fingerprint density at radius 1 is 1.03 bits per heavy atom. The summed E-state index contributed by atoms with van der Waals surface area (Å²) in [7, 11) is 0. The monoisotopic (exact) mass is 454 g/mol. The molecule has 3 heterocycles. The second-order valence-electron chi connectivity index (χ2n) is 7.79. The molecule has 0 spiro atoms. The Kier molecular flexibility index (Phi) is 6.50. The fourth-order valence-electron chi connectivity index (χ4n) is 3.75. The predicted molar refractivity (Wildman–Crippen MR) is 127 cm³/mol. The number of piperazine rings is 1. The summed E-state index contributed by atoms with van der Waals surface area (Å²) in [5, 5.41) is 5.96. The van der Waals surface area contributed by atoms with E-state index in [2.05, 4.69) is 15.2 Å². The first kappa shape index (κ1) is 21.7. The first-order chi connectivity index (χ1) is 14.9. The normalized spacial score (nSPS) is 14.6. The number of anilines is 1. The lowest BCUT2D eigenvalue weighted by molar-refractivity contribution is -0.117. The summed E-state index contributed by atoms with van der Waals surface area (Å²) in [5.74, 6) is 0.0218. The van der Waals surface area contributed by atoms with E-state index in [1.54, 1.807) is 11.3 Å². The molecule has 1 N–H and O–H groups in total. The topological polar surface area (TPSA) is 65.5 Å². The van der Waals surface area contributed by atoms with Gasteiger partial charge in [0, 0.05) is 31.9 Å². The van der Waals surface area contributed by atoms with Gasteiger partial charge in [-0.05, 0) is 43.3 Å². The average Bonchev–Trinajstić information content (AvgIpc) is 3.41. The van der Waals surface area contributed by atoms with Gasteiger partial charge in [0.2, 0.25) is 5.91 Å². The molecule has 0 atom stereocenters. The van der Waals surface area contributed by atoms with Crippen LogP contribution in [0.4, 0.5) is 5.69 Å². The van der Waals surface area contributed by atoms with Gasteiger partial charge in [-0.3, -0.25) is 14.5 Å². The maximum Gasteiger partial charge on any atom is 0.265 e. The van der Waals surface area contributed by atoms with Crippen LogP contribution in [0.1, 0.15) is 26.5 Å². The smallest absolute Gasteiger partial charge is 0.265 e. The quantitative estimate of drug-likeness (QED) is 0.628. The minimum absolute atomic E-state index is 0.0175. The zero-order chi connectivity index (χ0) is 22.0. The van der Waals surface area contributed by atoms with E-state index in [1.807, 2.05) is 61.4 Å². The van der Waals surface area contributed by atoms with Crippen LogP contribution in [0.5, 0.6) is 0 Å². The Bertz CT molecular complexity index is 1060. The Hall–Kier alpha value is -2.55. The zero-order valence-electron chi connectivity index (χ0n) is 18.0. The van der Waals surface area contributed by atoms with E-state index in [9.17, 15) is 9.59 Å². The molecule has 1 aliphatic heterocycles. The highest BCUT2D eigenvalue weighted by Gasteiger charge is 2.26. The van der Waals surface area contributed by atoms with Crippen molar-refractivity contribution in [2.24, 2.45) is 0 Å². The number of nitrogens with one attached hydrogen (secondary N) is 1. The van der Waals surface area contributed by atoms with Crippen molar-refractivity contribution in [1.82, 2.24) is 14.8 Å². The molecule has 0 bridgehead atoms. The molecular weight excluding hydrogens is 428 g/mol. The fraction of sp³-hybridized carbons (Fsp3) is 0.348. The van der Waals surface area contributed by atoms with Gasteiger partial charge in [-0.2, -0.15) is 0 Å². The lowest BCUT2D eigenvalue weighted by Gasteiger charge is -2.34. The number of benzene rings is 1. The van der Waals surface area contributed by atoms with Gasteiger partial charge in [-0.25, -0.2) is 4.98 Å². The Balaban J connectivity index is 1.32. The summed E-state index contributed by atoms with van der Waals surface area (Å²) in [4.78, 5) is 36.0. The summed E-state index contributed by atoms with van der Waals surface area (Å²) in [6, 6.07) is 10.0. The molecule has 1 aliphatic rings. The highest BCUT2D eigenvalue weighted by Crippen LogP contribution is 2.31. The molecule has 2 aromatic heterocycles. The van der Waals surface area contributed by atoms with Crippen LogP contribution < -0.4 is 5.32 Å². The molecule has 0 saturated carbocycles. The number of thiazole rings is 1.